The molecule has 1 fully saturated rings. The van der Waals surface area contributed by atoms with Gasteiger partial charge in [-0.05, 0) is 103 Å². The van der Waals surface area contributed by atoms with Crippen molar-refractivity contribution in [2.45, 2.75) is 29.1 Å². The number of hydrogen-bond acceptors (Lipinski definition) is 17. The molecule has 81 heavy (non-hydrogen) atoms. The first-order valence-electron chi connectivity index (χ1n) is 24.7. The standard InChI is InChI=1S/C60H40N6O13S2/c67-46-24-22-32(28-42(46)63-65-54-48(80(74,75)76)30-44(61-36-14-3-1-4-15-36)50-52(54)59(72)40-20-9-7-18-38(40)57(50)70)26-34-12-11-13-35(56(34)69)27-33-23-25-47(68)43(29-33)64-66-55-49(81(77,78)79)31-45(62-37-16-5-2-6-17-37)51-53(55)60(73)41-21-10-8-19-39(41)58(51)71/h1-10,14-31,61-62,67-68H,11-13H2,(H,74,75,76)(H,77,78,79)/b34-26+,35-27+,65-63?,66-64?. The first-order chi connectivity index (χ1) is 38.8. The minimum Gasteiger partial charge on any atom is -0.506 e. The molecule has 0 atom stereocenters. The van der Waals surface area contributed by atoms with Gasteiger partial charge in [-0.2, -0.15) is 16.8 Å². The Morgan fingerprint density at radius 3 is 1.11 bits per heavy atom. The van der Waals surface area contributed by atoms with Gasteiger partial charge in [0.2, 0.25) is 0 Å². The molecule has 11 rings (SSSR count). The molecule has 0 aliphatic heterocycles. The second-order valence-corrected chi connectivity index (χ2v) is 21.6. The number of phenols is 2. The van der Waals surface area contributed by atoms with Gasteiger partial charge in [-0.3, -0.25) is 33.1 Å². The first-order valence-corrected chi connectivity index (χ1v) is 27.6. The number of phenolic OH excluding ortho intramolecular Hbond substituents is 2. The molecule has 1 saturated carbocycles. The summed E-state index contributed by atoms with van der Waals surface area (Å²) >= 11 is 0. The van der Waals surface area contributed by atoms with Crippen LogP contribution in [0.25, 0.3) is 12.2 Å². The molecule has 400 valence electrons. The largest absolute Gasteiger partial charge is 0.506 e. The number of carbonyl (C=O) groups is 5. The SMILES string of the molecule is O=C1/C(=C/c2ccc(O)c(N=Nc3c(S(=O)(=O)O)cc(Nc4ccccc4)c4c3C(=O)c3ccccc3C4=O)c2)CCC/C1=C\c1ccc(O)c(N=Nc2c(S(=O)(=O)O)cc(Nc3ccccc3)c3c2C(=O)c2ccccc2C3=O)c1. The molecule has 0 aromatic heterocycles. The number of para-hydroxylation sites is 2. The smallest absolute Gasteiger partial charge is 0.296 e. The molecule has 0 bridgehead atoms. The van der Waals surface area contributed by atoms with E-state index in [0.717, 1.165) is 12.1 Å². The minimum absolute atomic E-state index is 0.0436. The highest BCUT2D eigenvalue weighted by atomic mass is 32.2. The summed E-state index contributed by atoms with van der Waals surface area (Å²) in [6.07, 6.45) is 4.25. The van der Waals surface area contributed by atoms with Crippen LogP contribution in [-0.2, 0) is 25.0 Å². The number of anilines is 4. The second-order valence-electron chi connectivity index (χ2n) is 18.8. The highest BCUT2D eigenvalue weighted by Crippen LogP contribution is 2.46. The summed E-state index contributed by atoms with van der Waals surface area (Å²) < 4.78 is 73.4. The Balaban J connectivity index is 0.917. The normalized spacial score (nSPS) is 15.3. The third kappa shape index (κ3) is 10.2. The van der Waals surface area contributed by atoms with Crippen LogP contribution in [-0.4, -0.2) is 65.1 Å². The monoisotopic (exact) mass is 1120 g/mol. The zero-order valence-corrected chi connectivity index (χ0v) is 43.5. The predicted molar refractivity (Wildman–Crippen MR) is 298 cm³/mol. The van der Waals surface area contributed by atoms with E-state index in [4.69, 9.17) is 0 Å². The zero-order chi connectivity index (χ0) is 56.9. The number of nitrogens with zero attached hydrogens (tertiary/aromatic N) is 4. The average molecular weight is 1120 g/mol. The maximum atomic E-state index is 14.3. The second kappa shape index (κ2) is 20.9. The van der Waals surface area contributed by atoms with Crippen molar-refractivity contribution in [1.29, 1.82) is 0 Å². The van der Waals surface area contributed by atoms with E-state index in [9.17, 15) is 60.1 Å². The number of Topliss-reactive ketones (excluding diaryl/α,β-unsaturated/α-hetero) is 1. The average Bonchev–Trinajstić information content (AvgIpc) is 3.65. The zero-order valence-electron chi connectivity index (χ0n) is 41.9. The van der Waals surface area contributed by atoms with Crippen LogP contribution in [0.15, 0.2) is 199 Å². The molecule has 8 aromatic rings. The Labute approximate surface area is 460 Å². The van der Waals surface area contributed by atoms with Crippen molar-refractivity contribution in [3.8, 4) is 11.5 Å². The Morgan fingerprint density at radius 1 is 0.407 bits per heavy atom. The summed E-state index contributed by atoms with van der Waals surface area (Å²) in [6.45, 7) is 0. The quantitative estimate of drug-likeness (QED) is 0.0376. The fourth-order valence-corrected chi connectivity index (χ4v) is 11.2. The van der Waals surface area contributed by atoms with Crippen LogP contribution in [0.4, 0.5) is 45.5 Å². The molecule has 0 saturated heterocycles. The first kappa shape index (κ1) is 52.8. The fourth-order valence-electron chi connectivity index (χ4n) is 9.86. The van der Waals surface area contributed by atoms with Gasteiger partial charge in [0.15, 0.2) is 28.9 Å². The lowest BCUT2D eigenvalue weighted by atomic mass is 9.82. The van der Waals surface area contributed by atoms with Gasteiger partial charge in [0.1, 0.15) is 44.0 Å². The lowest BCUT2D eigenvalue weighted by molar-refractivity contribution is -0.112. The van der Waals surface area contributed by atoms with Crippen LogP contribution in [0, 0.1) is 0 Å². The number of benzene rings is 8. The van der Waals surface area contributed by atoms with Crippen molar-refractivity contribution in [1.82, 2.24) is 0 Å². The Morgan fingerprint density at radius 2 is 0.753 bits per heavy atom. The van der Waals surface area contributed by atoms with Crippen molar-refractivity contribution in [3.05, 3.63) is 225 Å². The predicted octanol–water partition coefficient (Wildman–Crippen LogP) is 12.7. The van der Waals surface area contributed by atoms with Gasteiger partial charge in [0.25, 0.3) is 20.2 Å². The lowest BCUT2D eigenvalue weighted by Gasteiger charge is -2.23. The number of allylic oxidation sites excluding steroid dienone is 2. The summed E-state index contributed by atoms with van der Waals surface area (Å²) in [5.41, 5.74) is -1.16. The van der Waals surface area contributed by atoms with E-state index >= 15 is 0 Å². The van der Waals surface area contributed by atoms with Crippen LogP contribution in [0.5, 0.6) is 11.5 Å². The molecule has 6 N–H and O–H groups in total. The maximum absolute atomic E-state index is 14.3. The number of nitrogens with one attached hydrogen (secondary N) is 2. The summed E-state index contributed by atoms with van der Waals surface area (Å²) in [7, 11) is -10.3. The van der Waals surface area contributed by atoms with Gasteiger partial charge >= 0.3 is 0 Å². The number of aromatic hydroxyl groups is 2. The lowest BCUT2D eigenvalue weighted by Crippen LogP contribution is -2.23. The number of rotatable bonds is 12. The van der Waals surface area contributed by atoms with E-state index in [1.807, 2.05) is 0 Å². The minimum atomic E-state index is -5.17. The van der Waals surface area contributed by atoms with Crippen LogP contribution in [0.3, 0.4) is 0 Å². The number of azo groups is 2. The number of hydrogen-bond donors (Lipinski definition) is 6. The molecular formula is C60H40N6O13S2. The fraction of sp³-hybridized carbons (Fsp3) is 0.0500. The van der Waals surface area contributed by atoms with Crippen LogP contribution >= 0.6 is 0 Å². The van der Waals surface area contributed by atoms with E-state index in [0.29, 0.717) is 52.9 Å². The van der Waals surface area contributed by atoms with Crippen molar-refractivity contribution < 1.29 is 60.1 Å². The van der Waals surface area contributed by atoms with E-state index in [-0.39, 0.29) is 61.9 Å². The molecule has 3 aliphatic carbocycles. The molecule has 0 spiro atoms. The summed E-state index contributed by atoms with van der Waals surface area (Å²) in [5, 5.41) is 44.5. The molecular weight excluding hydrogens is 1080 g/mol. The molecule has 8 aromatic carbocycles. The molecule has 19 nitrogen and oxygen atoms in total. The Hall–Kier alpha value is -10.2. The van der Waals surface area contributed by atoms with Gasteiger partial charge in [0, 0.05) is 44.8 Å². The highest BCUT2D eigenvalue weighted by Gasteiger charge is 2.40. The van der Waals surface area contributed by atoms with Gasteiger partial charge in [-0.1, -0.05) is 97.1 Å². The molecule has 3 aliphatic rings. The van der Waals surface area contributed by atoms with Gasteiger partial charge in [-0.15, -0.1) is 20.5 Å². The molecule has 0 unspecified atom stereocenters. The van der Waals surface area contributed by atoms with Gasteiger partial charge in [0.05, 0.1) is 33.6 Å². The highest BCUT2D eigenvalue weighted by molar-refractivity contribution is 7.86. The maximum Gasteiger partial charge on any atom is 0.296 e. The third-order valence-electron chi connectivity index (χ3n) is 13.6. The van der Waals surface area contributed by atoms with Gasteiger partial charge in [-0.25, -0.2) is 0 Å². The number of fused-ring (bicyclic) bond motifs is 4. The topological polar surface area (TPSA) is 308 Å². The number of carbonyl (C=O) groups excluding carboxylic acids is 5. The van der Waals surface area contributed by atoms with Crippen molar-refractivity contribution in [2.75, 3.05) is 10.6 Å². The van der Waals surface area contributed by atoms with E-state index < -0.39 is 87.2 Å². The Bertz CT molecular complexity index is 4160. The number of ketones is 5. The molecule has 0 heterocycles. The molecule has 0 radical (unpaired) electrons. The third-order valence-corrected chi connectivity index (χ3v) is 15.3. The molecule has 21 heteroatoms. The van der Waals surface area contributed by atoms with Crippen molar-refractivity contribution in [3.63, 3.8) is 0 Å². The summed E-state index contributed by atoms with van der Waals surface area (Å²) in [5.74, 6) is -4.07. The van der Waals surface area contributed by atoms with Crippen molar-refractivity contribution >= 4 is 107 Å². The Kier molecular flexibility index (Phi) is 13.6. The van der Waals surface area contributed by atoms with E-state index in [1.54, 1.807) is 84.9 Å². The van der Waals surface area contributed by atoms with Crippen LogP contribution < -0.4 is 10.6 Å². The molecule has 0 amide bonds. The van der Waals surface area contributed by atoms with E-state index in [2.05, 4.69) is 31.1 Å². The van der Waals surface area contributed by atoms with Crippen LogP contribution in [0.1, 0.15) is 94.1 Å². The van der Waals surface area contributed by atoms with Crippen molar-refractivity contribution in [2.24, 2.45) is 20.5 Å². The van der Waals surface area contributed by atoms with E-state index in [1.165, 1.54) is 72.8 Å². The summed E-state index contributed by atoms with van der Waals surface area (Å²) in [4.78, 5) is 69.3. The summed E-state index contributed by atoms with van der Waals surface area (Å²) in [6, 6.07) is 38.8. The van der Waals surface area contributed by atoms with Crippen LogP contribution in [0.2, 0.25) is 0 Å². The van der Waals surface area contributed by atoms with Gasteiger partial charge < -0.3 is 20.8 Å².